The Labute approximate surface area is 128 Å². The van der Waals surface area contributed by atoms with Crippen molar-refractivity contribution in [3.05, 3.63) is 33.9 Å². The molecular formula is C15H20N2O5. The number of nitrogens with zero attached hydrogens (tertiary/aromatic N) is 1. The minimum absolute atomic E-state index is 0.103. The molecule has 0 fully saturated rings. The first-order valence-electron chi connectivity index (χ1n) is 7.07. The maximum Gasteiger partial charge on any atom is 0.326 e. The number of carboxylic acid groups (broad SMARTS) is 1. The molecule has 0 heterocycles. The van der Waals surface area contributed by atoms with Crippen LogP contribution in [0.4, 0.5) is 11.4 Å². The summed E-state index contributed by atoms with van der Waals surface area (Å²) < 4.78 is 0. The van der Waals surface area contributed by atoms with E-state index in [0.29, 0.717) is 6.42 Å². The van der Waals surface area contributed by atoms with Crippen molar-refractivity contribution < 1.29 is 19.6 Å². The smallest absolute Gasteiger partial charge is 0.326 e. The van der Waals surface area contributed by atoms with Crippen LogP contribution in [0, 0.1) is 16.0 Å². The SMILES string of the molecule is CCC(=O)c1ccc(N[C@@H](CC(C)C)C(=O)O)c([N+](=O)[O-])c1. The number of Topliss-reactive ketones (excluding diaryl/α,β-unsaturated/α-hetero) is 1. The van der Waals surface area contributed by atoms with Gasteiger partial charge in [-0.2, -0.15) is 0 Å². The quantitative estimate of drug-likeness (QED) is 0.434. The molecule has 120 valence electrons. The van der Waals surface area contributed by atoms with Crippen LogP contribution in [0.2, 0.25) is 0 Å². The molecular weight excluding hydrogens is 288 g/mol. The van der Waals surface area contributed by atoms with Gasteiger partial charge in [-0.25, -0.2) is 4.79 Å². The minimum atomic E-state index is -1.07. The summed E-state index contributed by atoms with van der Waals surface area (Å²) in [5.41, 5.74) is 0.0514. The van der Waals surface area contributed by atoms with Crippen molar-refractivity contribution >= 4 is 23.1 Å². The van der Waals surface area contributed by atoms with Gasteiger partial charge in [0.1, 0.15) is 11.7 Å². The van der Waals surface area contributed by atoms with Gasteiger partial charge in [0, 0.05) is 18.1 Å². The Morgan fingerprint density at radius 3 is 2.45 bits per heavy atom. The van der Waals surface area contributed by atoms with Crippen molar-refractivity contribution in [2.45, 2.75) is 39.7 Å². The molecule has 0 aromatic heterocycles. The zero-order valence-corrected chi connectivity index (χ0v) is 12.8. The summed E-state index contributed by atoms with van der Waals surface area (Å²) in [6.07, 6.45) is 0.581. The van der Waals surface area contributed by atoms with Gasteiger partial charge in [-0.3, -0.25) is 14.9 Å². The Morgan fingerprint density at radius 1 is 1.36 bits per heavy atom. The number of carboxylic acids is 1. The number of hydrogen-bond acceptors (Lipinski definition) is 5. The van der Waals surface area contributed by atoms with Gasteiger partial charge in [-0.1, -0.05) is 20.8 Å². The van der Waals surface area contributed by atoms with Gasteiger partial charge in [-0.15, -0.1) is 0 Å². The molecule has 0 saturated heterocycles. The molecule has 1 atom stereocenters. The number of hydrogen-bond donors (Lipinski definition) is 2. The number of nitrogens with one attached hydrogen (secondary N) is 1. The van der Waals surface area contributed by atoms with Crippen molar-refractivity contribution in [1.82, 2.24) is 0 Å². The molecule has 0 aliphatic carbocycles. The molecule has 0 saturated carbocycles. The van der Waals surface area contributed by atoms with Crippen molar-refractivity contribution in [3.8, 4) is 0 Å². The highest BCUT2D eigenvalue weighted by atomic mass is 16.6. The monoisotopic (exact) mass is 308 g/mol. The third-order valence-corrected chi connectivity index (χ3v) is 3.17. The maximum absolute atomic E-state index is 11.6. The van der Waals surface area contributed by atoms with Gasteiger partial charge in [0.2, 0.25) is 0 Å². The molecule has 0 unspecified atom stereocenters. The van der Waals surface area contributed by atoms with Crippen molar-refractivity contribution in [3.63, 3.8) is 0 Å². The van der Waals surface area contributed by atoms with E-state index in [4.69, 9.17) is 0 Å². The van der Waals surface area contributed by atoms with Crippen LogP contribution in [-0.4, -0.2) is 27.8 Å². The number of rotatable bonds is 8. The molecule has 0 bridgehead atoms. The fraction of sp³-hybridized carbons (Fsp3) is 0.467. The predicted molar refractivity (Wildman–Crippen MR) is 82.2 cm³/mol. The molecule has 1 aromatic rings. The van der Waals surface area contributed by atoms with E-state index < -0.39 is 16.9 Å². The van der Waals surface area contributed by atoms with E-state index in [1.54, 1.807) is 6.92 Å². The first kappa shape index (κ1) is 17.6. The molecule has 7 nitrogen and oxygen atoms in total. The lowest BCUT2D eigenvalue weighted by molar-refractivity contribution is -0.384. The van der Waals surface area contributed by atoms with E-state index in [1.165, 1.54) is 18.2 Å². The van der Waals surface area contributed by atoms with Crippen LogP contribution in [0.5, 0.6) is 0 Å². The molecule has 0 radical (unpaired) electrons. The van der Waals surface area contributed by atoms with Gasteiger partial charge in [0.15, 0.2) is 5.78 Å². The molecule has 7 heteroatoms. The van der Waals surface area contributed by atoms with Crippen LogP contribution in [0.1, 0.15) is 44.0 Å². The van der Waals surface area contributed by atoms with Crippen LogP contribution in [0.15, 0.2) is 18.2 Å². The lowest BCUT2D eigenvalue weighted by atomic mass is 10.0. The number of benzene rings is 1. The van der Waals surface area contributed by atoms with Crippen LogP contribution >= 0.6 is 0 Å². The normalized spacial score (nSPS) is 12.0. The third-order valence-electron chi connectivity index (χ3n) is 3.17. The summed E-state index contributed by atoms with van der Waals surface area (Å²) >= 11 is 0. The molecule has 2 N–H and O–H groups in total. The molecule has 1 aromatic carbocycles. The number of nitro groups is 1. The van der Waals surface area contributed by atoms with E-state index in [-0.39, 0.29) is 35.1 Å². The molecule has 0 aliphatic rings. The average Bonchev–Trinajstić information content (AvgIpc) is 2.45. The summed E-state index contributed by atoms with van der Waals surface area (Å²) in [7, 11) is 0. The van der Waals surface area contributed by atoms with Gasteiger partial charge in [-0.05, 0) is 24.5 Å². The zero-order chi connectivity index (χ0) is 16.9. The van der Waals surface area contributed by atoms with E-state index in [2.05, 4.69) is 5.32 Å². The van der Waals surface area contributed by atoms with Gasteiger partial charge in [0.25, 0.3) is 5.69 Å². The van der Waals surface area contributed by atoms with Gasteiger partial charge >= 0.3 is 5.97 Å². The number of aliphatic carboxylic acids is 1. The Morgan fingerprint density at radius 2 is 2.00 bits per heavy atom. The van der Waals surface area contributed by atoms with E-state index >= 15 is 0 Å². The summed E-state index contributed by atoms with van der Waals surface area (Å²) in [6.45, 7) is 5.41. The fourth-order valence-corrected chi connectivity index (χ4v) is 2.06. The average molecular weight is 308 g/mol. The highest BCUT2D eigenvalue weighted by molar-refractivity contribution is 5.97. The highest BCUT2D eigenvalue weighted by Crippen LogP contribution is 2.27. The zero-order valence-electron chi connectivity index (χ0n) is 12.8. The Hall–Kier alpha value is -2.44. The topological polar surface area (TPSA) is 110 Å². The Kier molecular flexibility index (Phi) is 6.03. The molecule has 1 rings (SSSR count). The molecule has 22 heavy (non-hydrogen) atoms. The van der Waals surface area contributed by atoms with Crippen molar-refractivity contribution in [2.75, 3.05) is 5.32 Å². The number of anilines is 1. The van der Waals surface area contributed by atoms with E-state index in [0.717, 1.165) is 0 Å². The van der Waals surface area contributed by atoms with Gasteiger partial charge < -0.3 is 10.4 Å². The standard InChI is InChI=1S/C15H20N2O5/c1-4-14(18)10-5-6-11(13(8-10)17(21)22)16-12(15(19)20)7-9(2)3/h5-6,8-9,12,16H,4,7H2,1-3H3,(H,19,20)/t12-/m0/s1. The Balaban J connectivity index is 3.14. The third kappa shape index (κ3) is 4.54. The Bertz CT molecular complexity index is 583. The molecule has 0 aliphatic heterocycles. The predicted octanol–water partition coefficient (Wildman–Crippen LogP) is 3.10. The van der Waals surface area contributed by atoms with Crippen LogP contribution in [0.25, 0.3) is 0 Å². The summed E-state index contributed by atoms with van der Waals surface area (Å²) in [5.74, 6) is -1.16. The first-order valence-corrected chi connectivity index (χ1v) is 7.07. The summed E-state index contributed by atoms with van der Waals surface area (Å²) in [5, 5.41) is 23.1. The van der Waals surface area contributed by atoms with E-state index in [1.807, 2.05) is 13.8 Å². The number of nitro benzene ring substituents is 1. The molecule has 0 spiro atoms. The van der Waals surface area contributed by atoms with Crippen molar-refractivity contribution in [2.24, 2.45) is 5.92 Å². The largest absolute Gasteiger partial charge is 0.480 e. The number of ketones is 1. The van der Waals surface area contributed by atoms with Crippen LogP contribution in [0.3, 0.4) is 0 Å². The highest BCUT2D eigenvalue weighted by Gasteiger charge is 2.23. The number of carbonyl (C=O) groups excluding carboxylic acids is 1. The summed E-state index contributed by atoms with van der Waals surface area (Å²) in [6, 6.07) is 3.11. The minimum Gasteiger partial charge on any atom is -0.480 e. The second-order valence-corrected chi connectivity index (χ2v) is 5.43. The lowest BCUT2D eigenvalue weighted by Crippen LogP contribution is -2.31. The first-order chi connectivity index (χ1) is 10.3. The van der Waals surface area contributed by atoms with Crippen molar-refractivity contribution in [1.29, 1.82) is 0 Å². The lowest BCUT2D eigenvalue weighted by Gasteiger charge is -2.17. The molecule has 0 amide bonds. The van der Waals surface area contributed by atoms with E-state index in [9.17, 15) is 24.8 Å². The van der Waals surface area contributed by atoms with Crippen LogP contribution < -0.4 is 5.32 Å². The maximum atomic E-state index is 11.6. The number of carbonyl (C=O) groups is 2. The second-order valence-electron chi connectivity index (χ2n) is 5.43. The fourth-order valence-electron chi connectivity index (χ4n) is 2.06. The second kappa shape index (κ2) is 7.53. The van der Waals surface area contributed by atoms with Gasteiger partial charge in [0.05, 0.1) is 4.92 Å². The van der Waals surface area contributed by atoms with Crippen LogP contribution in [-0.2, 0) is 4.79 Å². The summed E-state index contributed by atoms with van der Waals surface area (Å²) in [4.78, 5) is 33.4.